The first-order chi connectivity index (χ1) is 8.10. The minimum absolute atomic E-state index is 0.0674. The van der Waals surface area contributed by atoms with Crippen LogP contribution in [0.2, 0.25) is 0 Å². The number of hydrogen-bond donors (Lipinski definition) is 1. The largest absolute Gasteiger partial charge is 0.389 e. The van der Waals surface area contributed by atoms with Crippen molar-refractivity contribution in [3.8, 4) is 0 Å². The second-order valence-corrected chi connectivity index (χ2v) is 4.40. The Morgan fingerprint density at radius 2 is 1.50 bits per heavy atom. The van der Waals surface area contributed by atoms with Gasteiger partial charge in [0.2, 0.25) is 0 Å². The topological polar surface area (TPSA) is 20.2 Å². The Morgan fingerprint density at radius 3 is 1.94 bits per heavy atom. The molecule has 102 valence electrons. The molecule has 1 atom stereocenters. The van der Waals surface area contributed by atoms with E-state index in [4.69, 9.17) is 0 Å². The Labute approximate surface area is 101 Å². The SMILES string of the molecule is CC(O)(CCCC(F)(F)F)c1cc(F)cc(F)c1. The second kappa shape index (κ2) is 5.22. The molecule has 0 aliphatic carbocycles. The van der Waals surface area contributed by atoms with Gasteiger partial charge in [0.25, 0.3) is 0 Å². The van der Waals surface area contributed by atoms with E-state index in [0.717, 1.165) is 12.1 Å². The molecular formula is C12H13F5O. The Kier molecular flexibility index (Phi) is 4.32. The monoisotopic (exact) mass is 268 g/mol. The predicted molar refractivity (Wildman–Crippen MR) is 55.8 cm³/mol. The lowest BCUT2D eigenvalue weighted by Gasteiger charge is -2.24. The van der Waals surface area contributed by atoms with Gasteiger partial charge >= 0.3 is 6.18 Å². The summed E-state index contributed by atoms with van der Waals surface area (Å²) in [5, 5.41) is 9.93. The van der Waals surface area contributed by atoms with Crippen LogP contribution >= 0.6 is 0 Å². The summed E-state index contributed by atoms with van der Waals surface area (Å²) < 4.78 is 61.8. The second-order valence-electron chi connectivity index (χ2n) is 4.40. The normalized spacial score (nSPS) is 15.5. The molecule has 18 heavy (non-hydrogen) atoms. The first kappa shape index (κ1) is 14.9. The summed E-state index contributed by atoms with van der Waals surface area (Å²) in [5.41, 5.74) is -1.75. The van der Waals surface area contributed by atoms with Gasteiger partial charge in [0, 0.05) is 12.5 Å². The van der Waals surface area contributed by atoms with Crippen molar-refractivity contribution in [3.05, 3.63) is 35.4 Å². The quantitative estimate of drug-likeness (QED) is 0.821. The van der Waals surface area contributed by atoms with Gasteiger partial charge < -0.3 is 5.11 Å². The maximum atomic E-state index is 12.9. The fourth-order valence-corrected chi connectivity index (χ4v) is 1.64. The van der Waals surface area contributed by atoms with Crippen molar-refractivity contribution in [3.63, 3.8) is 0 Å². The van der Waals surface area contributed by atoms with Gasteiger partial charge in [0.15, 0.2) is 0 Å². The molecule has 0 aliphatic rings. The molecule has 0 aromatic heterocycles. The molecule has 0 saturated carbocycles. The molecule has 1 unspecified atom stereocenters. The molecule has 0 bridgehead atoms. The van der Waals surface area contributed by atoms with Gasteiger partial charge in [-0.3, -0.25) is 0 Å². The van der Waals surface area contributed by atoms with Crippen molar-refractivity contribution in [1.82, 2.24) is 0 Å². The van der Waals surface area contributed by atoms with Gasteiger partial charge in [0.1, 0.15) is 11.6 Å². The van der Waals surface area contributed by atoms with Gasteiger partial charge in [-0.05, 0) is 37.5 Å². The smallest absolute Gasteiger partial charge is 0.385 e. The number of benzene rings is 1. The van der Waals surface area contributed by atoms with E-state index in [2.05, 4.69) is 0 Å². The van der Waals surface area contributed by atoms with Crippen LogP contribution in [0.5, 0.6) is 0 Å². The van der Waals surface area contributed by atoms with Crippen molar-refractivity contribution in [2.45, 2.75) is 38.0 Å². The predicted octanol–water partition coefficient (Wildman–Crippen LogP) is 3.90. The molecule has 6 heteroatoms. The van der Waals surface area contributed by atoms with Crippen molar-refractivity contribution in [1.29, 1.82) is 0 Å². The Morgan fingerprint density at radius 1 is 1.00 bits per heavy atom. The van der Waals surface area contributed by atoms with E-state index in [1.807, 2.05) is 0 Å². The number of aliphatic hydroxyl groups is 1. The van der Waals surface area contributed by atoms with Gasteiger partial charge in [-0.15, -0.1) is 0 Å². The average molecular weight is 268 g/mol. The van der Waals surface area contributed by atoms with Crippen LogP contribution in [0.4, 0.5) is 22.0 Å². The highest BCUT2D eigenvalue weighted by Gasteiger charge is 2.30. The maximum absolute atomic E-state index is 12.9. The number of alkyl halides is 3. The van der Waals surface area contributed by atoms with Crippen LogP contribution in [0, 0.1) is 11.6 Å². The van der Waals surface area contributed by atoms with Crippen molar-refractivity contribution >= 4 is 0 Å². The van der Waals surface area contributed by atoms with E-state index in [-0.39, 0.29) is 18.4 Å². The minimum atomic E-state index is -4.30. The van der Waals surface area contributed by atoms with E-state index in [9.17, 15) is 27.1 Å². The van der Waals surface area contributed by atoms with E-state index >= 15 is 0 Å². The highest BCUT2D eigenvalue weighted by Crippen LogP contribution is 2.30. The number of hydrogen-bond acceptors (Lipinski definition) is 1. The van der Waals surface area contributed by atoms with E-state index in [1.54, 1.807) is 0 Å². The van der Waals surface area contributed by atoms with Gasteiger partial charge in [-0.25, -0.2) is 8.78 Å². The first-order valence-electron chi connectivity index (χ1n) is 5.36. The standard InChI is InChI=1S/C12H13F5O/c1-11(18,3-2-4-12(15,16)17)8-5-9(13)7-10(14)6-8/h5-7,18H,2-4H2,1H3. The highest BCUT2D eigenvalue weighted by molar-refractivity contribution is 5.23. The third-order valence-electron chi connectivity index (χ3n) is 2.61. The molecule has 1 N–H and O–H groups in total. The van der Waals surface area contributed by atoms with Crippen molar-refractivity contribution in [2.75, 3.05) is 0 Å². The van der Waals surface area contributed by atoms with Gasteiger partial charge in [-0.2, -0.15) is 13.2 Å². The summed E-state index contributed by atoms with van der Waals surface area (Å²) in [6, 6.07) is 2.46. The zero-order valence-electron chi connectivity index (χ0n) is 9.69. The van der Waals surface area contributed by atoms with Crippen LogP contribution < -0.4 is 0 Å². The first-order valence-corrected chi connectivity index (χ1v) is 5.36. The molecule has 0 fully saturated rings. The fraction of sp³-hybridized carbons (Fsp3) is 0.500. The Hall–Kier alpha value is -1.17. The summed E-state index contributed by atoms with van der Waals surface area (Å²) in [4.78, 5) is 0. The van der Waals surface area contributed by atoms with E-state index in [0.29, 0.717) is 6.07 Å². The zero-order valence-corrected chi connectivity index (χ0v) is 9.69. The van der Waals surface area contributed by atoms with Crippen LogP contribution in [-0.2, 0) is 5.60 Å². The summed E-state index contributed by atoms with van der Waals surface area (Å²) in [5.74, 6) is -1.75. The van der Waals surface area contributed by atoms with Crippen molar-refractivity contribution in [2.24, 2.45) is 0 Å². The average Bonchev–Trinajstić information content (AvgIpc) is 2.13. The third-order valence-corrected chi connectivity index (χ3v) is 2.61. The molecule has 0 heterocycles. The molecule has 1 aromatic carbocycles. The fourth-order valence-electron chi connectivity index (χ4n) is 1.64. The molecule has 0 radical (unpaired) electrons. The number of halogens is 5. The summed E-state index contributed by atoms with van der Waals surface area (Å²) >= 11 is 0. The zero-order chi connectivity index (χ0) is 14.0. The summed E-state index contributed by atoms with van der Waals surface area (Å²) in [7, 11) is 0. The number of rotatable bonds is 4. The van der Waals surface area contributed by atoms with Crippen molar-refractivity contribution < 1.29 is 27.1 Å². The van der Waals surface area contributed by atoms with Crippen LogP contribution in [-0.4, -0.2) is 11.3 Å². The molecule has 0 aliphatic heterocycles. The molecule has 0 spiro atoms. The lowest BCUT2D eigenvalue weighted by atomic mass is 9.90. The highest BCUT2D eigenvalue weighted by atomic mass is 19.4. The molecule has 0 saturated heterocycles. The molecule has 0 amide bonds. The summed E-state index contributed by atoms with van der Waals surface area (Å²) in [6.45, 7) is 1.23. The minimum Gasteiger partial charge on any atom is -0.385 e. The van der Waals surface area contributed by atoms with Crippen LogP contribution in [0.25, 0.3) is 0 Å². The van der Waals surface area contributed by atoms with Crippen LogP contribution in [0.1, 0.15) is 31.7 Å². The molecule has 1 rings (SSSR count). The molecule has 1 aromatic rings. The van der Waals surface area contributed by atoms with Crippen LogP contribution in [0.3, 0.4) is 0 Å². The van der Waals surface area contributed by atoms with E-state index in [1.165, 1.54) is 6.92 Å². The van der Waals surface area contributed by atoms with E-state index < -0.39 is 29.8 Å². The Balaban J connectivity index is 2.73. The maximum Gasteiger partial charge on any atom is 0.389 e. The van der Waals surface area contributed by atoms with Crippen LogP contribution in [0.15, 0.2) is 18.2 Å². The van der Waals surface area contributed by atoms with Gasteiger partial charge in [-0.1, -0.05) is 0 Å². The lowest BCUT2D eigenvalue weighted by molar-refractivity contribution is -0.137. The third kappa shape index (κ3) is 4.60. The molecule has 1 nitrogen and oxygen atoms in total. The van der Waals surface area contributed by atoms with Gasteiger partial charge in [0.05, 0.1) is 5.60 Å². The summed E-state index contributed by atoms with van der Waals surface area (Å²) in [6.07, 6.45) is -5.88. The Bertz CT molecular complexity index is 391. The molecular weight excluding hydrogens is 255 g/mol. The lowest BCUT2D eigenvalue weighted by Crippen LogP contribution is -2.22.